The van der Waals surface area contributed by atoms with E-state index >= 15 is 0 Å². The molecule has 1 heterocycles. The highest BCUT2D eigenvalue weighted by Crippen LogP contribution is 2.48. The van der Waals surface area contributed by atoms with Crippen LogP contribution >= 0.6 is 0 Å². The van der Waals surface area contributed by atoms with Crippen LogP contribution in [0.5, 0.6) is 11.5 Å². The van der Waals surface area contributed by atoms with Gasteiger partial charge in [-0.25, -0.2) is 0 Å². The smallest absolute Gasteiger partial charge is 0.508 e. The molecular formula is C19H12F2O3. The van der Waals surface area contributed by atoms with Crippen LogP contribution in [-0.4, -0.2) is 11.4 Å². The number of fused-ring (bicyclic) bond motifs is 2. The Balaban J connectivity index is 1.97. The summed E-state index contributed by atoms with van der Waals surface area (Å²) in [4.78, 5) is 0. The van der Waals surface area contributed by atoms with E-state index in [2.05, 4.69) is 16.1 Å². The van der Waals surface area contributed by atoms with Crippen LogP contribution < -0.4 is 9.47 Å². The van der Waals surface area contributed by atoms with Gasteiger partial charge >= 0.3 is 6.29 Å². The van der Waals surface area contributed by atoms with Crippen molar-refractivity contribution in [1.29, 1.82) is 0 Å². The molecule has 0 radical (unpaired) electrons. The number of aliphatic hydroxyl groups excluding tert-OH is 1. The van der Waals surface area contributed by atoms with E-state index in [-0.39, 0.29) is 17.3 Å². The lowest BCUT2D eigenvalue weighted by molar-refractivity contribution is -0.286. The second-order valence-corrected chi connectivity index (χ2v) is 5.49. The Morgan fingerprint density at radius 3 is 2.50 bits per heavy atom. The molecule has 0 aromatic heterocycles. The Kier molecular flexibility index (Phi) is 3.00. The van der Waals surface area contributed by atoms with Gasteiger partial charge in [0.1, 0.15) is 5.76 Å². The van der Waals surface area contributed by atoms with Crippen molar-refractivity contribution in [3.8, 4) is 22.6 Å². The van der Waals surface area contributed by atoms with Crippen LogP contribution in [0.2, 0.25) is 0 Å². The standard InChI is InChI=1S/C19H12F2O3/c1-11(22)13-9-8-12-4-2-5-14(16(12)10-13)15-6-3-7-17-18(15)24-19(20,21)23-17/h2-10,22H,1H2. The third-order valence-electron chi connectivity index (χ3n) is 3.93. The molecular weight excluding hydrogens is 314 g/mol. The molecule has 0 fully saturated rings. The van der Waals surface area contributed by atoms with Crippen molar-refractivity contribution in [3.63, 3.8) is 0 Å². The number of benzene rings is 3. The molecule has 3 nitrogen and oxygen atoms in total. The minimum atomic E-state index is -3.67. The summed E-state index contributed by atoms with van der Waals surface area (Å²) in [6.45, 7) is 3.52. The summed E-state index contributed by atoms with van der Waals surface area (Å²) in [5, 5.41) is 11.3. The van der Waals surface area contributed by atoms with E-state index in [4.69, 9.17) is 0 Å². The lowest BCUT2D eigenvalue weighted by Gasteiger charge is -2.11. The summed E-state index contributed by atoms with van der Waals surface area (Å²) in [6.07, 6.45) is -3.67. The van der Waals surface area contributed by atoms with Crippen LogP contribution in [-0.2, 0) is 0 Å². The molecule has 1 aliphatic rings. The van der Waals surface area contributed by atoms with Crippen molar-refractivity contribution >= 4 is 16.5 Å². The van der Waals surface area contributed by atoms with Crippen molar-refractivity contribution in [1.82, 2.24) is 0 Å². The lowest BCUT2D eigenvalue weighted by atomic mass is 9.95. The van der Waals surface area contributed by atoms with Crippen molar-refractivity contribution in [3.05, 3.63) is 66.7 Å². The molecule has 0 amide bonds. The van der Waals surface area contributed by atoms with Crippen molar-refractivity contribution in [2.24, 2.45) is 0 Å². The first-order chi connectivity index (χ1) is 11.4. The SMILES string of the molecule is C=C(O)c1ccc2cccc(-c3cccc4c3OC(F)(F)O4)c2c1. The van der Waals surface area contributed by atoms with Crippen LogP contribution in [0.4, 0.5) is 8.78 Å². The second-order valence-electron chi connectivity index (χ2n) is 5.49. The number of aliphatic hydroxyl groups is 1. The van der Waals surface area contributed by atoms with E-state index in [9.17, 15) is 13.9 Å². The van der Waals surface area contributed by atoms with Gasteiger partial charge in [0, 0.05) is 11.1 Å². The van der Waals surface area contributed by atoms with Gasteiger partial charge in [0.05, 0.1) is 0 Å². The minimum Gasteiger partial charge on any atom is -0.508 e. The Bertz CT molecular complexity index is 980. The maximum atomic E-state index is 13.4. The second kappa shape index (κ2) is 4.96. The molecule has 5 heteroatoms. The average Bonchev–Trinajstić information content (AvgIpc) is 2.87. The molecule has 1 N–H and O–H groups in total. The fourth-order valence-electron chi connectivity index (χ4n) is 2.87. The molecule has 120 valence electrons. The summed E-state index contributed by atoms with van der Waals surface area (Å²) in [5.74, 6) is -0.0587. The molecule has 24 heavy (non-hydrogen) atoms. The van der Waals surface area contributed by atoms with E-state index in [0.29, 0.717) is 16.7 Å². The molecule has 0 spiro atoms. The van der Waals surface area contributed by atoms with Gasteiger partial charge < -0.3 is 14.6 Å². The van der Waals surface area contributed by atoms with Gasteiger partial charge in [-0.3, -0.25) is 0 Å². The predicted molar refractivity (Wildman–Crippen MR) is 87.2 cm³/mol. The normalized spacial score (nSPS) is 14.8. The highest BCUT2D eigenvalue weighted by molar-refractivity contribution is 5.99. The number of alkyl halides is 2. The molecule has 0 bridgehead atoms. The minimum absolute atomic E-state index is 0.00257. The first kappa shape index (κ1) is 14.5. The fraction of sp³-hybridized carbons (Fsp3) is 0.0526. The zero-order valence-corrected chi connectivity index (χ0v) is 12.4. The van der Waals surface area contributed by atoms with Gasteiger partial charge in [-0.15, -0.1) is 8.78 Å². The van der Waals surface area contributed by atoms with Gasteiger partial charge in [-0.05, 0) is 28.5 Å². The number of rotatable bonds is 2. The predicted octanol–water partition coefficient (Wildman–Crippen LogP) is 5.36. The number of hydrogen-bond acceptors (Lipinski definition) is 3. The lowest BCUT2D eigenvalue weighted by Crippen LogP contribution is -2.26. The average molecular weight is 326 g/mol. The molecule has 1 aliphatic heterocycles. The molecule has 0 saturated heterocycles. The molecule has 0 aliphatic carbocycles. The van der Waals surface area contributed by atoms with Gasteiger partial charge in [0.15, 0.2) is 11.5 Å². The highest BCUT2D eigenvalue weighted by atomic mass is 19.3. The summed E-state index contributed by atoms with van der Waals surface area (Å²) in [6, 6.07) is 15.7. The van der Waals surface area contributed by atoms with Crippen LogP contribution in [0.3, 0.4) is 0 Å². The van der Waals surface area contributed by atoms with Crippen LogP contribution in [0.25, 0.3) is 27.7 Å². The zero-order chi connectivity index (χ0) is 16.9. The number of para-hydroxylation sites is 1. The van der Waals surface area contributed by atoms with Crippen molar-refractivity contribution < 1.29 is 23.4 Å². The van der Waals surface area contributed by atoms with Gasteiger partial charge in [-0.2, -0.15) is 0 Å². The molecule has 0 saturated carbocycles. The fourth-order valence-corrected chi connectivity index (χ4v) is 2.87. The Hall–Kier alpha value is -3.08. The highest BCUT2D eigenvalue weighted by Gasteiger charge is 2.44. The first-order valence-corrected chi connectivity index (χ1v) is 7.25. The molecule has 0 atom stereocenters. The summed E-state index contributed by atoms with van der Waals surface area (Å²) >= 11 is 0. The third kappa shape index (κ3) is 2.25. The van der Waals surface area contributed by atoms with E-state index in [1.54, 1.807) is 24.3 Å². The van der Waals surface area contributed by atoms with Gasteiger partial charge in [-0.1, -0.05) is 49.0 Å². The van der Waals surface area contributed by atoms with Crippen LogP contribution in [0.1, 0.15) is 5.56 Å². The van der Waals surface area contributed by atoms with E-state index < -0.39 is 6.29 Å². The maximum absolute atomic E-state index is 13.4. The monoisotopic (exact) mass is 326 g/mol. The Morgan fingerprint density at radius 2 is 1.71 bits per heavy atom. The molecule has 3 aromatic rings. The molecule has 0 unspecified atom stereocenters. The van der Waals surface area contributed by atoms with Crippen molar-refractivity contribution in [2.45, 2.75) is 6.29 Å². The Labute approximate surface area is 136 Å². The van der Waals surface area contributed by atoms with E-state index in [0.717, 1.165) is 10.8 Å². The molecule has 4 rings (SSSR count). The quantitative estimate of drug-likeness (QED) is 0.645. The van der Waals surface area contributed by atoms with Gasteiger partial charge in [0.2, 0.25) is 0 Å². The zero-order valence-electron chi connectivity index (χ0n) is 12.4. The number of halogens is 2. The molecule has 3 aromatic carbocycles. The van der Waals surface area contributed by atoms with Gasteiger partial charge in [0.25, 0.3) is 0 Å². The number of ether oxygens (including phenoxy) is 2. The van der Waals surface area contributed by atoms with Crippen molar-refractivity contribution in [2.75, 3.05) is 0 Å². The number of hydrogen-bond donors (Lipinski definition) is 1. The topological polar surface area (TPSA) is 38.7 Å². The maximum Gasteiger partial charge on any atom is 0.586 e. The van der Waals surface area contributed by atoms with Crippen LogP contribution in [0, 0.1) is 0 Å². The summed E-state index contributed by atoms with van der Waals surface area (Å²) in [5.41, 5.74) is 1.76. The summed E-state index contributed by atoms with van der Waals surface area (Å²) in [7, 11) is 0. The van der Waals surface area contributed by atoms with Crippen LogP contribution in [0.15, 0.2) is 61.2 Å². The first-order valence-electron chi connectivity index (χ1n) is 7.25. The van der Waals surface area contributed by atoms with E-state index in [1.165, 1.54) is 6.07 Å². The third-order valence-corrected chi connectivity index (χ3v) is 3.93. The Morgan fingerprint density at radius 1 is 0.958 bits per heavy atom. The largest absolute Gasteiger partial charge is 0.586 e. The van der Waals surface area contributed by atoms with E-state index in [1.807, 2.05) is 24.3 Å². The summed E-state index contributed by atoms with van der Waals surface area (Å²) < 4.78 is 36.1.